The fourth-order valence-electron chi connectivity index (χ4n) is 2.23. The van der Waals surface area contributed by atoms with Crippen LogP contribution in [0.25, 0.3) is 22.4 Å². The van der Waals surface area contributed by atoms with Gasteiger partial charge in [-0.3, -0.25) is 4.79 Å². The lowest BCUT2D eigenvalue weighted by molar-refractivity contribution is -0.131. The van der Waals surface area contributed by atoms with Gasteiger partial charge < -0.3 is 9.15 Å². The second-order valence-electron chi connectivity index (χ2n) is 4.89. The molecule has 0 atom stereocenters. The SMILES string of the molecule is CC(=O)Oc1ccc(-c2nc(=S)c3ccccc3o2)c(C)c1. The number of hydrogen-bond acceptors (Lipinski definition) is 5. The third-order valence-corrected chi connectivity index (χ3v) is 3.53. The normalized spacial score (nSPS) is 10.6. The zero-order valence-corrected chi connectivity index (χ0v) is 12.9. The summed E-state index contributed by atoms with van der Waals surface area (Å²) in [5.74, 6) is 0.595. The van der Waals surface area contributed by atoms with Crippen molar-refractivity contribution < 1.29 is 13.9 Å². The van der Waals surface area contributed by atoms with Gasteiger partial charge in [0, 0.05) is 12.5 Å². The fourth-order valence-corrected chi connectivity index (χ4v) is 2.48. The zero-order chi connectivity index (χ0) is 15.7. The smallest absolute Gasteiger partial charge is 0.308 e. The van der Waals surface area contributed by atoms with E-state index in [4.69, 9.17) is 21.4 Å². The topological polar surface area (TPSA) is 52.3 Å². The van der Waals surface area contributed by atoms with Crippen LogP contribution in [0.5, 0.6) is 5.75 Å². The number of aryl methyl sites for hydroxylation is 1. The quantitative estimate of drug-likeness (QED) is 0.397. The van der Waals surface area contributed by atoms with Crippen molar-refractivity contribution in [2.24, 2.45) is 0 Å². The van der Waals surface area contributed by atoms with Gasteiger partial charge in [-0.15, -0.1) is 0 Å². The summed E-state index contributed by atoms with van der Waals surface area (Å²) in [6, 6.07) is 12.8. The van der Waals surface area contributed by atoms with Crippen LogP contribution < -0.4 is 4.74 Å². The van der Waals surface area contributed by atoms with Gasteiger partial charge in [0.1, 0.15) is 16.0 Å². The molecule has 0 fully saturated rings. The van der Waals surface area contributed by atoms with E-state index in [-0.39, 0.29) is 5.97 Å². The molecule has 2 aromatic carbocycles. The van der Waals surface area contributed by atoms with Gasteiger partial charge in [-0.25, -0.2) is 4.98 Å². The van der Waals surface area contributed by atoms with Gasteiger partial charge in [0.2, 0.25) is 5.89 Å². The first-order chi connectivity index (χ1) is 10.5. The highest BCUT2D eigenvalue weighted by molar-refractivity contribution is 7.71. The Labute approximate surface area is 132 Å². The standard InChI is InChI=1S/C17H13NO3S/c1-10-9-12(20-11(2)19)7-8-13(10)16-18-17(22)14-5-3-4-6-15(14)21-16/h3-9H,1-2H3. The number of esters is 1. The molecule has 3 rings (SSSR count). The molecule has 0 amide bonds. The monoisotopic (exact) mass is 311 g/mol. The number of nitrogens with zero attached hydrogens (tertiary/aromatic N) is 1. The van der Waals surface area contributed by atoms with Crippen molar-refractivity contribution in [1.29, 1.82) is 0 Å². The average molecular weight is 311 g/mol. The molecule has 4 nitrogen and oxygen atoms in total. The minimum atomic E-state index is -0.353. The second-order valence-corrected chi connectivity index (χ2v) is 5.28. The van der Waals surface area contributed by atoms with E-state index in [1.54, 1.807) is 12.1 Å². The van der Waals surface area contributed by atoms with Crippen LogP contribution in [0.2, 0.25) is 0 Å². The van der Waals surface area contributed by atoms with E-state index in [0.717, 1.165) is 16.5 Å². The van der Waals surface area contributed by atoms with E-state index >= 15 is 0 Å². The summed E-state index contributed by atoms with van der Waals surface area (Å²) in [5, 5.41) is 0.815. The van der Waals surface area contributed by atoms with Gasteiger partial charge in [-0.05, 0) is 42.8 Å². The number of para-hydroxylation sites is 1. The molecule has 0 saturated carbocycles. The number of rotatable bonds is 2. The van der Waals surface area contributed by atoms with E-state index in [9.17, 15) is 4.79 Å². The van der Waals surface area contributed by atoms with Crippen LogP contribution >= 0.6 is 12.2 Å². The molecule has 0 saturated heterocycles. The van der Waals surface area contributed by atoms with Crippen molar-refractivity contribution in [2.75, 3.05) is 0 Å². The number of carbonyl (C=O) groups is 1. The molecule has 0 aliphatic rings. The van der Waals surface area contributed by atoms with E-state index in [2.05, 4.69) is 4.98 Å². The van der Waals surface area contributed by atoms with Crippen molar-refractivity contribution in [3.05, 3.63) is 52.7 Å². The van der Waals surface area contributed by atoms with Gasteiger partial charge in [0.15, 0.2) is 0 Å². The lowest BCUT2D eigenvalue weighted by Gasteiger charge is -2.08. The maximum absolute atomic E-state index is 11.0. The predicted molar refractivity (Wildman–Crippen MR) is 86.3 cm³/mol. The Hall–Kier alpha value is -2.53. The highest BCUT2D eigenvalue weighted by Crippen LogP contribution is 2.28. The third-order valence-electron chi connectivity index (χ3n) is 3.22. The van der Waals surface area contributed by atoms with E-state index < -0.39 is 0 Å². The Morgan fingerprint density at radius 2 is 2.00 bits per heavy atom. The third kappa shape index (κ3) is 2.76. The molecule has 3 aromatic rings. The van der Waals surface area contributed by atoms with Crippen LogP contribution in [0.4, 0.5) is 0 Å². The second kappa shape index (κ2) is 5.69. The van der Waals surface area contributed by atoms with E-state index in [1.165, 1.54) is 6.92 Å². The first-order valence-corrected chi connectivity index (χ1v) is 7.15. The fraction of sp³-hybridized carbons (Fsp3) is 0.118. The molecule has 0 aliphatic carbocycles. The molecule has 1 heterocycles. The summed E-state index contributed by atoms with van der Waals surface area (Å²) in [7, 11) is 0. The summed E-state index contributed by atoms with van der Waals surface area (Å²) in [6.07, 6.45) is 0. The molecule has 0 radical (unpaired) electrons. The van der Waals surface area contributed by atoms with Gasteiger partial charge in [0.05, 0.1) is 5.39 Å². The number of fused-ring (bicyclic) bond motifs is 1. The first-order valence-electron chi connectivity index (χ1n) is 6.74. The number of ether oxygens (including phenoxy) is 1. The van der Waals surface area contributed by atoms with Crippen LogP contribution in [-0.2, 0) is 4.79 Å². The molecule has 0 unspecified atom stereocenters. The number of aromatic nitrogens is 1. The summed E-state index contributed by atoms with van der Waals surface area (Å²) in [5.41, 5.74) is 2.40. The van der Waals surface area contributed by atoms with Crippen LogP contribution in [0.1, 0.15) is 12.5 Å². The average Bonchev–Trinajstić information content (AvgIpc) is 2.46. The Morgan fingerprint density at radius 1 is 1.23 bits per heavy atom. The van der Waals surface area contributed by atoms with Gasteiger partial charge in [0.25, 0.3) is 0 Å². The molecule has 0 N–H and O–H groups in total. The molecule has 5 heteroatoms. The molecule has 22 heavy (non-hydrogen) atoms. The van der Waals surface area contributed by atoms with Crippen molar-refractivity contribution in [2.45, 2.75) is 13.8 Å². The Kier molecular flexibility index (Phi) is 3.73. The maximum atomic E-state index is 11.0. The molecule has 1 aromatic heterocycles. The molecular weight excluding hydrogens is 298 g/mol. The minimum Gasteiger partial charge on any atom is -0.438 e. The van der Waals surface area contributed by atoms with Crippen LogP contribution in [0, 0.1) is 11.6 Å². The minimum absolute atomic E-state index is 0.353. The molecule has 0 spiro atoms. The molecule has 0 bridgehead atoms. The Balaban J connectivity index is 2.11. The Bertz CT molecular complexity index is 931. The van der Waals surface area contributed by atoms with Crippen molar-refractivity contribution in [1.82, 2.24) is 4.98 Å². The van der Waals surface area contributed by atoms with Gasteiger partial charge >= 0.3 is 5.97 Å². The summed E-state index contributed by atoms with van der Waals surface area (Å²) < 4.78 is 11.4. The van der Waals surface area contributed by atoms with E-state index in [0.29, 0.717) is 21.9 Å². The van der Waals surface area contributed by atoms with Crippen LogP contribution in [0.3, 0.4) is 0 Å². The van der Waals surface area contributed by atoms with Gasteiger partial charge in [-0.1, -0.05) is 24.4 Å². The lowest BCUT2D eigenvalue weighted by atomic mass is 10.1. The van der Waals surface area contributed by atoms with Crippen molar-refractivity contribution in [3.63, 3.8) is 0 Å². The maximum Gasteiger partial charge on any atom is 0.308 e. The first kappa shape index (κ1) is 14.4. The highest BCUT2D eigenvalue weighted by atomic mass is 32.1. The van der Waals surface area contributed by atoms with E-state index in [1.807, 2.05) is 37.3 Å². The summed E-state index contributed by atoms with van der Waals surface area (Å²) >= 11 is 5.33. The summed E-state index contributed by atoms with van der Waals surface area (Å²) in [4.78, 5) is 15.4. The highest BCUT2D eigenvalue weighted by Gasteiger charge is 2.10. The molecule has 0 aliphatic heterocycles. The lowest BCUT2D eigenvalue weighted by Crippen LogP contribution is -2.01. The number of benzene rings is 2. The van der Waals surface area contributed by atoms with Crippen LogP contribution in [0.15, 0.2) is 46.9 Å². The summed E-state index contributed by atoms with van der Waals surface area (Å²) in [6.45, 7) is 3.27. The van der Waals surface area contributed by atoms with Crippen molar-refractivity contribution >= 4 is 29.2 Å². The van der Waals surface area contributed by atoms with Crippen molar-refractivity contribution in [3.8, 4) is 17.2 Å². The predicted octanol–water partition coefficient (Wildman–Crippen LogP) is 4.46. The zero-order valence-electron chi connectivity index (χ0n) is 12.1. The molecular formula is C17H13NO3S. The molecule has 110 valence electrons. The number of hydrogen-bond donors (Lipinski definition) is 0. The Morgan fingerprint density at radius 3 is 2.73 bits per heavy atom. The van der Waals surface area contributed by atoms with Gasteiger partial charge in [-0.2, -0.15) is 0 Å². The number of carbonyl (C=O) groups excluding carboxylic acids is 1. The van der Waals surface area contributed by atoms with Crippen LogP contribution in [-0.4, -0.2) is 11.0 Å². The largest absolute Gasteiger partial charge is 0.438 e.